The van der Waals surface area contributed by atoms with E-state index >= 15 is 0 Å². The summed E-state index contributed by atoms with van der Waals surface area (Å²) in [4.78, 5) is 26.7. The van der Waals surface area contributed by atoms with Gasteiger partial charge in [0, 0.05) is 30.8 Å². The van der Waals surface area contributed by atoms with Gasteiger partial charge in [0.15, 0.2) is 11.5 Å². The molecule has 6 heteroatoms. The van der Waals surface area contributed by atoms with E-state index in [-0.39, 0.29) is 11.8 Å². The highest BCUT2D eigenvalue weighted by Crippen LogP contribution is 2.29. The Bertz CT molecular complexity index is 907. The number of carbonyl (C=O) groups is 2. The molecule has 0 aliphatic heterocycles. The van der Waals surface area contributed by atoms with Gasteiger partial charge in [-0.05, 0) is 55.2 Å². The van der Waals surface area contributed by atoms with E-state index in [4.69, 9.17) is 9.47 Å². The molecule has 2 amide bonds. The Labute approximate surface area is 190 Å². The Morgan fingerprint density at radius 3 is 2.38 bits per heavy atom. The molecule has 0 saturated heterocycles. The van der Waals surface area contributed by atoms with Crippen molar-refractivity contribution in [3.63, 3.8) is 0 Å². The van der Waals surface area contributed by atoms with Crippen molar-refractivity contribution in [1.29, 1.82) is 0 Å². The predicted molar refractivity (Wildman–Crippen MR) is 125 cm³/mol. The lowest BCUT2D eigenvalue weighted by Gasteiger charge is -2.19. The third kappa shape index (κ3) is 6.74. The SMILES string of the molecule is CCCCCCOc1ccc(C(=O)N(C)Cc2ccc(C(=O)NC3CC3)cc2)cc1OC. The van der Waals surface area contributed by atoms with Gasteiger partial charge in [0.25, 0.3) is 11.8 Å². The molecule has 2 aromatic rings. The first kappa shape index (κ1) is 23.6. The van der Waals surface area contributed by atoms with Gasteiger partial charge in [0.1, 0.15) is 0 Å². The summed E-state index contributed by atoms with van der Waals surface area (Å²) in [5.74, 6) is 1.07. The second kappa shape index (κ2) is 11.6. The Morgan fingerprint density at radius 2 is 1.72 bits per heavy atom. The van der Waals surface area contributed by atoms with E-state index in [0.717, 1.165) is 31.2 Å². The van der Waals surface area contributed by atoms with Crippen molar-refractivity contribution in [2.45, 2.75) is 58.0 Å². The van der Waals surface area contributed by atoms with E-state index < -0.39 is 0 Å². The summed E-state index contributed by atoms with van der Waals surface area (Å²) in [7, 11) is 3.35. The molecule has 0 bridgehead atoms. The molecule has 1 aliphatic rings. The topological polar surface area (TPSA) is 67.9 Å². The first-order valence-electron chi connectivity index (χ1n) is 11.5. The maximum Gasteiger partial charge on any atom is 0.254 e. The molecule has 0 aromatic heterocycles. The van der Waals surface area contributed by atoms with Crippen LogP contribution < -0.4 is 14.8 Å². The highest BCUT2D eigenvalue weighted by atomic mass is 16.5. The predicted octanol–water partition coefficient (Wildman–Crippen LogP) is 4.82. The third-order valence-electron chi connectivity index (χ3n) is 5.56. The van der Waals surface area contributed by atoms with E-state index in [1.54, 1.807) is 49.4 Å². The van der Waals surface area contributed by atoms with Crippen LogP contribution in [0.1, 0.15) is 71.7 Å². The smallest absolute Gasteiger partial charge is 0.254 e. The molecule has 1 N–H and O–H groups in total. The molecule has 1 saturated carbocycles. The molecule has 1 fully saturated rings. The average molecular weight is 439 g/mol. The fraction of sp³-hybridized carbons (Fsp3) is 0.462. The molecular formula is C26H34N2O4. The molecule has 32 heavy (non-hydrogen) atoms. The van der Waals surface area contributed by atoms with E-state index in [9.17, 15) is 9.59 Å². The van der Waals surface area contributed by atoms with Crippen LogP contribution in [0.4, 0.5) is 0 Å². The average Bonchev–Trinajstić information content (AvgIpc) is 3.63. The molecule has 3 rings (SSSR count). The Hall–Kier alpha value is -3.02. The summed E-state index contributed by atoms with van der Waals surface area (Å²) < 4.78 is 11.3. The molecule has 0 spiro atoms. The van der Waals surface area contributed by atoms with Gasteiger partial charge >= 0.3 is 0 Å². The Morgan fingerprint density at radius 1 is 1.00 bits per heavy atom. The Kier molecular flexibility index (Phi) is 8.54. The van der Waals surface area contributed by atoms with Gasteiger partial charge in [-0.1, -0.05) is 38.3 Å². The van der Waals surface area contributed by atoms with Crippen LogP contribution in [0.2, 0.25) is 0 Å². The van der Waals surface area contributed by atoms with Crippen molar-refractivity contribution < 1.29 is 19.1 Å². The Balaban J connectivity index is 1.56. The number of methoxy groups -OCH3 is 1. The quantitative estimate of drug-likeness (QED) is 0.483. The van der Waals surface area contributed by atoms with Gasteiger partial charge in [0.2, 0.25) is 0 Å². The van der Waals surface area contributed by atoms with E-state index in [2.05, 4.69) is 12.2 Å². The standard InChI is InChI=1S/C26H34N2O4/c1-4-5-6-7-16-32-23-15-12-21(17-24(23)31-3)26(30)28(2)18-19-8-10-20(11-9-19)25(29)27-22-13-14-22/h8-12,15,17,22H,4-7,13-14,16,18H2,1-3H3,(H,27,29). The highest BCUT2D eigenvalue weighted by molar-refractivity contribution is 5.95. The van der Waals surface area contributed by atoms with Crippen LogP contribution in [-0.2, 0) is 6.54 Å². The molecule has 6 nitrogen and oxygen atoms in total. The van der Waals surface area contributed by atoms with Crippen molar-refractivity contribution >= 4 is 11.8 Å². The zero-order chi connectivity index (χ0) is 22.9. The molecular weight excluding hydrogens is 404 g/mol. The van der Waals surface area contributed by atoms with Crippen LogP contribution >= 0.6 is 0 Å². The monoisotopic (exact) mass is 438 g/mol. The van der Waals surface area contributed by atoms with Gasteiger partial charge < -0.3 is 19.7 Å². The lowest BCUT2D eigenvalue weighted by Crippen LogP contribution is -2.27. The summed E-state index contributed by atoms with van der Waals surface area (Å²) in [5, 5.41) is 2.98. The number of amides is 2. The van der Waals surface area contributed by atoms with Crippen LogP contribution in [0.25, 0.3) is 0 Å². The van der Waals surface area contributed by atoms with Crippen LogP contribution in [0.3, 0.4) is 0 Å². The number of hydrogen-bond donors (Lipinski definition) is 1. The number of nitrogens with zero attached hydrogens (tertiary/aromatic N) is 1. The highest BCUT2D eigenvalue weighted by Gasteiger charge is 2.23. The number of hydrogen-bond acceptors (Lipinski definition) is 4. The van der Waals surface area contributed by atoms with Crippen molar-refractivity contribution in [3.8, 4) is 11.5 Å². The molecule has 0 heterocycles. The van der Waals surface area contributed by atoms with Crippen LogP contribution in [0, 0.1) is 0 Å². The van der Waals surface area contributed by atoms with Gasteiger partial charge in [-0.15, -0.1) is 0 Å². The molecule has 1 aliphatic carbocycles. The fourth-order valence-corrected chi connectivity index (χ4v) is 3.45. The summed E-state index contributed by atoms with van der Waals surface area (Å²) >= 11 is 0. The molecule has 172 valence electrons. The van der Waals surface area contributed by atoms with Gasteiger partial charge in [0.05, 0.1) is 13.7 Å². The minimum Gasteiger partial charge on any atom is -0.493 e. The maximum absolute atomic E-state index is 12.9. The number of unbranched alkanes of at least 4 members (excludes halogenated alkanes) is 3. The molecule has 2 aromatic carbocycles. The second-order valence-electron chi connectivity index (χ2n) is 8.38. The van der Waals surface area contributed by atoms with Crippen LogP contribution in [-0.4, -0.2) is 43.5 Å². The fourth-order valence-electron chi connectivity index (χ4n) is 3.45. The summed E-state index contributed by atoms with van der Waals surface area (Å²) in [6.07, 6.45) is 6.67. The lowest BCUT2D eigenvalue weighted by molar-refractivity contribution is 0.0784. The minimum absolute atomic E-state index is 0.0387. The number of nitrogens with one attached hydrogen (secondary N) is 1. The summed E-state index contributed by atoms with van der Waals surface area (Å²) in [5.41, 5.74) is 2.15. The summed E-state index contributed by atoms with van der Waals surface area (Å²) in [6, 6.07) is 13.0. The second-order valence-corrected chi connectivity index (χ2v) is 8.38. The summed E-state index contributed by atoms with van der Waals surface area (Å²) in [6.45, 7) is 3.26. The van der Waals surface area contributed by atoms with Crippen molar-refractivity contribution in [1.82, 2.24) is 10.2 Å². The molecule has 0 unspecified atom stereocenters. The molecule has 0 atom stereocenters. The minimum atomic E-state index is -0.103. The normalized spacial score (nSPS) is 12.8. The first-order chi connectivity index (χ1) is 15.5. The lowest BCUT2D eigenvalue weighted by atomic mass is 10.1. The first-order valence-corrected chi connectivity index (χ1v) is 11.5. The zero-order valence-electron chi connectivity index (χ0n) is 19.4. The van der Waals surface area contributed by atoms with Crippen molar-refractivity contribution in [3.05, 3.63) is 59.2 Å². The van der Waals surface area contributed by atoms with Crippen LogP contribution in [0.5, 0.6) is 11.5 Å². The van der Waals surface area contributed by atoms with Crippen molar-refractivity contribution in [2.75, 3.05) is 20.8 Å². The van der Waals surface area contributed by atoms with E-state index in [1.165, 1.54) is 12.8 Å². The number of carbonyl (C=O) groups excluding carboxylic acids is 2. The number of ether oxygens (including phenoxy) is 2. The number of rotatable bonds is 12. The van der Waals surface area contributed by atoms with E-state index in [0.29, 0.717) is 41.8 Å². The largest absolute Gasteiger partial charge is 0.493 e. The third-order valence-corrected chi connectivity index (χ3v) is 5.56. The molecule has 0 radical (unpaired) electrons. The van der Waals surface area contributed by atoms with Crippen molar-refractivity contribution in [2.24, 2.45) is 0 Å². The zero-order valence-corrected chi connectivity index (χ0v) is 19.4. The number of benzene rings is 2. The van der Waals surface area contributed by atoms with Gasteiger partial charge in [-0.25, -0.2) is 0 Å². The van der Waals surface area contributed by atoms with Crippen LogP contribution in [0.15, 0.2) is 42.5 Å². The van der Waals surface area contributed by atoms with E-state index in [1.807, 2.05) is 12.1 Å². The maximum atomic E-state index is 12.9. The van der Waals surface area contributed by atoms with Gasteiger partial charge in [-0.3, -0.25) is 9.59 Å². The van der Waals surface area contributed by atoms with Gasteiger partial charge in [-0.2, -0.15) is 0 Å².